The lowest BCUT2D eigenvalue weighted by Crippen LogP contribution is -2.38. The molecule has 29 heavy (non-hydrogen) atoms. The van der Waals surface area contributed by atoms with E-state index in [2.05, 4.69) is 52.0 Å². The van der Waals surface area contributed by atoms with Crippen LogP contribution >= 0.6 is 0 Å². The average Bonchev–Trinajstić information content (AvgIpc) is 3.59. The van der Waals surface area contributed by atoms with E-state index in [-0.39, 0.29) is 11.8 Å². The number of hydrogen-bond acceptors (Lipinski definition) is 5. The van der Waals surface area contributed by atoms with E-state index in [9.17, 15) is 4.79 Å². The number of amidine groups is 1. The summed E-state index contributed by atoms with van der Waals surface area (Å²) >= 11 is 0. The third-order valence-electron chi connectivity index (χ3n) is 5.97. The summed E-state index contributed by atoms with van der Waals surface area (Å²) in [5.74, 6) is 1.71. The summed E-state index contributed by atoms with van der Waals surface area (Å²) in [5.41, 5.74) is 4.52. The smallest absolute Gasteiger partial charge is 0.225 e. The van der Waals surface area contributed by atoms with Crippen molar-refractivity contribution >= 4 is 29.2 Å². The number of nitrogens with one attached hydrogen (secondary N) is 2. The van der Waals surface area contributed by atoms with E-state index in [1.807, 2.05) is 11.1 Å². The molecule has 6 nitrogen and oxygen atoms in total. The number of fused-ring (bicyclic) bond motifs is 4. The maximum Gasteiger partial charge on any atom is 0.225 e. The molecule has 1 aromatic carbocycles. The first-order valence-corrected chi connectivity index (χ1v) is 10.6. The van der Waals surface area contributed by atoms with Crippen LogP contribution in [0.5, 0.6) is 0 Å². The molecule has 1 amide bonds. The molecule has 1 aromatic rings. The topological polar surface area (TPSA) is 69.1 Å². The molecule has 1 saturated carbocycles. The molecule has 0 aromatic heterocycles. The van der Waals surface area contributed by atoms with Gasteiger partial charge in [0.15, 0.2) is 0 Å². The van der Waals surface area contributed by atoms with Crippen LogP contribution in [0.15, 0.2) is 52.1 Å². The number of amides is 1. The molecular formula is C23H27N5O. The molecule has 1 unspecified atom stereocenters. The highest BCUT2D eigenvalue weighted by Gasteiger charge is 2.33. The fourth-order valence-electron chi connectivity index (χ4n) is 4.19. The molecule has 0 saturated heterocycles. The van der Waals surface area contributed by atoms with Gasteiger partial charge in [-0.15, -0.1) is 0 Å². The summed E-state index contributed by atoms with van der Waals surface area (Å²) < 4.78 is 0. The predicted molar refractivity (Wildman–Crippen MR) is 117 cm³/mol. The molecule has 1 fully saturated rings. The van der Waals surface area contributed by atoms with Crippen LogP contribution in [-0.2, 0) is 4.79 Å². The number of carbonyl (C=O) groups is 1. The first-order chi connectivity index (χ1) is 14.3. The summed E-state index contributed by atoms with van der Waals surface area (Å²) in [7, 11) is 0. The van der Waals surface area contributed by atoms with E-state index >= 15 is 0 Å². The number of anilines is 1. The largest absolute Gasteiger partial charge is 0.383 e. The normalized spacial score (nSPS) is 24.1. The van der Waals surface area contributed by atoms with Crippen molar-refractivity contribution in [2.75, 3.05) is 38.0 Å². The lowest BCUT2D eigenvalue weighted by atomic mass is 9.92. The van der Waals surface area contributed by atoms with Crippen LogP contribution in [0, 0.1) is 11.8 Å². The number of benzene rings is 1. The number of nitrogens with zero attached hydrogens (tertiary/aromatic N) is 3. The van der Waals surface area contributed by atoms with Crippen LogP contribution in [0.2, 0.25) is 0 Å². The Labute approximate surface area is 171 Å². The number of carbonyl (C=O) groups excluding carboxylic acids is 1. The molecule has 1 atom stereocenters. The van der Waals surface area contributed by atoms with Crippen LogP contribution in [0.3, 0.4) is 0 Å². The van der Waals surface area contributed by atoms with E-state index < -0.39 is 0 Å². The van der Waals surface area contributed by atoms with E-state index in [4.69, 9.17) is 4.99 Å². The highest BCUT2D eigenvalue weighted by Crippen LogP contribution is 2.31. The van der Waals surface area contributed by atoms with Gasteiger partial charge in [-0.1, -0.05) is 18.2 Å². The highest BCUT2D eigenvalue weighted by molar-refractivity contribution is 6.13. The van der Waals surface area contributed by atoms with Crippen LogP contribution in [0.25, 0.3) is 5.57 Å². The Morgan fingerprint density at radius 2 is 2.07 bits per heavy atom. The van der Waals surface area contributed by atoms with Gasteiger partial charge in [0.2, 0.25) is 5.91 Å². The minimum atomic E-state index is 0.233. The number of rotatable bonds is 1. The third kappa shape index (κ3) is 3.97. The number of allylic oxidation sites excluding steroid dienone is 2. The van der Waals surface area contributed by atoms with Gasteiger partial charge in [-0.25, -0.2) is 0 Å². The highest BCUT2D eigenvalue weighted by atomic mass is 16.2. The second kappa shape index (κ2) is 7.85. The van der Waals surface area contributed by atoms with Crippen molar-refractivity contribution in [3.8, 4) is 0 Å². The lowest BCUT2D eigenvalue weighted by molar-refractivity contribution is -0.132. The second-order valence-electron chi connectivity index (χ2n) is 8.12. The molecule has 0 spiro atoms. The van der Waals surface area contributed by atoms with E-state index in [1.54, 1.807) is 0 Å². The molecule has 6 heteroatoms. The Bertz CT molecular complexity index is 925. The summed E-state index contributed by atoms with van der Waals surface area (Å²) in [6.45, 7) is 3.53. The fraction of sp³-hybridized carbons (Fsp3) is 0.435. The van der Waals surface area contributed by atoms with Crippen LogP contribution in [-0.4, -0.2) is 55.6 Å². The van der Waals surface area contributed by atoms with Gasteiger partial charge >= 0.3 is 0 Å². The maximum atomic E-state index is 12.7. The Morgan fingerprint density at radius 1 is 1.14 bits per heavy atom. The first-order valence-electron chi connectivity index (χ1n) is 10.6. The average molecular weight is 390 g/mol. The van der Waals surface area contributed by atoms with Crippen molar-refractivity contribution in [3.63, 3.8) is 0 Å². The number of hydrogen-bond donors (Lipinski definition) is 2. The van der Waals surface area contributed by atoms with Crippen molar-refractivity contribution in [2.24, 2.45) is 21.8 Å². The zero-order valence-corrected chi connectivity index (χ0v) is 16.6. The summed E-state index contributed by atoms with van der Waals surface area (Å²) in [5, 5.41) is 7.06. The molecule has 4 bridgehead atoms. The first kappa shape index (κ1) is 18.2. The monoisotopic (exact) mass is 389 g/mol. The SMILES string of the molecule is O=C(C1CC1)N1CCN=C2C=CC3CCN=CC(=C3N2)c2cccc(c2)NCC1. The standard InChI is InChI=1S/C23H27N5O/c29-23(17-4-5-17)28-12-10-25-19-3-1-2-18(14-19)20-15-24-9-8-16-6-7-21(26-11-13-28)27-22(16)20/h1-3,6-7,14-17,25H,4-5,8-13H2,(H,26,27). The van der Waals surface area contributed by atoms with Gasteiger partial charge in [0.25, 0.3) is 0 Å². The molecule has 150 valence electrons. The van der Waals surface area contributed by atoms with Gasteiger partial charge in [0, 0.05) is 61.2 Å². The van der Waals surface area contributed by atoms with Crippen LogP contribution < -0.4 is 10.6 Å². The Hall–Kier alpha value is -2.89. The molecule has 2 N–H and O–H groups in total. The van der Waals surface area contributed by atoms with Crippen LogP contribution in [0.1, 0.15) is 24.8 Å². The van der Waals surface area contributed by atoms with Gasteiger partial charge in [-0.3, -0.25) is 14.8 Å². The zero-order chi connectivity index (χ0) is 19.6. The molecular weight excluding hydrogens is 362 g/mol. The van der Waals surface area contributed by atoms with Crippen molar-refractivity contribution in [1.29, 1.82) is 0 Å². The van der Waals surface area contributed by atoms with Crippen molar-refractivity contribution in [2.45, 2.75) is 19.3 Å². The van der Waals surface area contributed by atoms with Crippen molar-refractivity contribution < 1.29 is 4.79 Å². The van der Waals surface area contributed by atoms with E-state index in [0.717, 1.165) is 55.0 Å². The number of aliphatic imine (C=N–C) groups is 2. The minimum absolute atomic E-state index is 0.233. The minimum Gasteiger partial charge on any atom is -0.383 e. The molecule has 3 heterocycles. The predicted octanol–water partition coefficient (Wildman–Crippen LogP) is 2.71. The van der Waals surface area contributed by atoms with Gasteiger partial charge < -0.3 is 15.5 Å². The molecule has 4 aliphatic rings. The van der Waals surface area contributed by atoms with Gasteiger partial charge in [0.05, 0.1) is 6.54 Å². The van der Waals surface area contributed by atoms with E-state index in [0.29, 0.717) is 25.6 Å². The maximum absolute atomic E-state index is 12.7. The van der Waals surface area contributed by atoms with Crippen molar-refractivity contribution in [1.82, 2.24) is 10.2 Å². The van der Waals surface area contributed by atoms with E-state index in [1.165, 1.54) is 5.70 Å². The Kier molecular flexibility index (Phi) is 4.92. The summed E-state index contributed by atoms with van der Waals surface area (Å²) in [6, 6.07) is 8.46. The molecule has 1 aliphatic carbocycles. The van der Waals surface area contributed by atoms with Crippen LogP contribution in [0.4, 0.5) is 5.69 Å². The molecule has 5 rings (SSSR count). The van der Waals surface area contributed by atoms with Gasteiger partial charge in [-0.05, 0) is 43.0 Å². The molecule has 3 aliphatic heterocycles. The molecule has 0 radical (unpaired) electrons. The summed E-state index contributed by atoms with van der Waals surface area (Å²) in [6.07, 6.45) is 9.37. The second-order valence-corrected chi connectivity index (χ2v) is 8.12. The fourth-order valence-corrected chi connectivity index (χ4v) is 4.19. The van der Waals surface area contributed by atoms with Gasteiger partial charge in [0.1, 0.15) is 5.84 Å². The lowest BCUT2D eigenvalue weighted by Gasteiger charge is -2.26. The Morgan fingerprint density at radius 3 is 2.97 bits per heavy atom. The van der Waals surface area contributed by atoms with Gasteiger partial charge in [-0.2, -0.15) is 0 Å². The van der Waals surface area contributed by atoms with Crippen molar-refractivity contribution in [3.05, 3.63) is 47.7 Å². The zero-order valence-electron chi connectivity index (χ0n) is 16.6. The summed E-state index contributed by atoms with van der Waals surface area (Å²) in [4.78, 5) is 24.0. The Balaban J connectivity index is 1.51. The third-order valence-corrected chi connectivity index (χ3v) is 5.97. The quantitative estimate of drug-likeness (QED) is 0.776.